The van der Waals surface area contributed by atoms with Crippen molar-refractivity contribution in [3.05, 3.63) is 64.1 Å². The molecule has 0 aliphatic rings. The zero-order valence-corrected chi connectivity index (χ0v) is 15.8. The second-order valence-electron chi connectivity index (χ2n) is 6.39. The smallest absolute Gasteiger partial charge is 0.275 e. The molecule has 2 aromatic heterocycles. The minimum atomic E-state index is -0.202. The second kappa shape index (κ2) is 8.25. The molecule has 0 aliphatic heterocycles. The third kappa shape index (κ3) is 4.36. The molecule has 26 heavy (non-hydrogen) atoms. The fraction of sp³-hybridized carbons (Fsp3) is 0.316. The van der Waals surface area contributed by atoms with Crippen LogP contribution in [0.25, 0.3) is 0 Å². The molecular weight excluding hydrogens is 346 g/mol. The van der Waals surface area contributed by atoms with Crippen LogP contribution in [0.15, 0.2) is 42.0 Å². The Morgan fingerprint density at radius 3 is 3.00 bits per heavy atom. The van der Waals surface area contributed by atoms with Crippen molar-refractivity contribution < 1.29 is 4.79 Å². The topological polar surface area (TPSA) is 85.8 Å². The van der Waals surface area contributed by atoms with Crippen molar-refractivity contribution in [2.75, 3.05) is 11.9 Å². The van der Waals surface area contributed by atoms with E-state index in [1.165, 1.54) is 11.3 Å². The highest BCUT2D eigenvalue weighted by molar-refractivity contribution is 7.09. The minimum absolute atomic E-state index is 0.202. The Kier molecular flexibility index (Phi) is 5.80. The predicted molar refractivity (Wildman–Crippen MR) is 105 cm³/mol. The van der Waals surface area contributed by atoms with Crippen molar-refractivity contribution in [1.82, 2.24) is 14.5 Å². The molecule has 7 heteroatoms. The Balaban J connectivity index is 1.70. The number of benzene rings is 1. The quantitative estimate of drug-likeness (QED) is 0.669. The fourth-order valence-corrected chi connectivity index (χ4v) is 3.54. The van der Waals surface area contributed by atoms with Crippen LogP contribution in [0.2, 0.25) is 0 Å². The zero-order valence-electron chi connectivity index (χ0n) is 15.0. The lowest BCUT2D eigenvalue weighted by Gasteiger charge is -2.11. The molecule has 0 aliphatic carbocycles. The van der Waals surface area contributed by atoms with Gasteiger partial charge in [-0.05, 0) is 24.2 Å². The first-order valence-corrected chi connectivity index (χ1v) is 9.50. The summed E-state index contributed by atoms with van der Waals surface area (Å²) in [5.74, 6) is 1.21. The molecule has 3 aromatic rings. The van der Waals surface area contributed by atoms with Crippen LogP contribution in [0.3, 0.4) is 0 Å². The summed E-state index contributed by atoms with van der Waals surface area (Å²) >= 11 is 1.46. The van der Waals surface area contributed by atoms with Gasteiger partial charge < -0.3 is 15.6 Å². The van der Waals surface area contributed by atoms with Crippen LogP contribution in [-0.4, -0.2) is 27.0 Å². The third-order valence-corrected chi connectivity index (χ3v) is 4.85. The summed E-state index contributed by atoms with van der Waals surface area (Å²) in [5, 5.41) is 5.57. The van der Waals surface area contributed by atoms with E-state index in [9.17, 15) is 4.79 Å². The van der Waals surface area contributed by atoms with E-state index < -0.39 is 0 Å². The molecule has 3 N–H and O–H groups in total. The third-order valence-electron chi connectivity index (χ3n) is 3.94. The molecule has 3 rings (SSSR count). The van der Waals surface area contributed by atoms with E-state index >= 15 is 0 Å². The van der Waals surface area contributed by atoms with Crippen molar-refractivity contribution in [2.45, 2.75) is 32.7 Å². The fourth-order valence-electron chi connectivity index (χ4n) is 2.75. The molecule has 0 fully saturated rings. The summed E-state index contributed by atoms with van der Waals surface area (Å²) in [6.07, 6.45) is 4.49. The number of carbonyl (C=O) groups excluding carboxylic acids is 1. The Bertz CT molecular complexity index is 883. The van der Waals surface area contributed by atoms with Gasteiger partial charge in [-0.3, -0.25) is 4.79 Å². The number of imidazole rings is 1. The van der Waals surface area contributed by atoms with Gasteiger partial charge in [0.2, 0.25) is 0 Å². The van der Waals surface area contributed by atoms with Crippen LogP contribution in [0.5, 0.6) is 0 Å². The van der Waals surface area contributed by atoms with Crippen LogP contribution < -0.4 is 11.1 Å². The SMILES string of the molecule is CC(C)c1nccn1Cc1cccc(NC(=O)c2csc(CCN)n2)c1. The van der Waals surface area contributed by atoms with Crippen molar-refractivity contribution in [3.63, 3.8) is 0 Å². The Morgan fingerprint density at radius 2 is 2.23 bits per heavy atom. The van der Waals surface area contributed by atoms with Gasteiger partial charge >= 0.3 is 0 Å². The molecule has 0 spiro atoms. The standard InChI is InChI=1S/C19H23N5OS/c1-13(2)18-21-8-9-24(18)11-14-4-3-5-15(10-14)22-19(25)16-12-26-17(23-16)6-7-20/h3-5,8-10,12-13H,6-7,11,20H2,1-2H3,(H,22,25). The highest BCUT2D eigenvalue weighted by Gasteiger charge is 2.12. The van der Waals surface area contributed by atoms with Gasteiger partial charge in [0, 0.05) is 42.3 Å². The lowest BCUT2D eigenvalue weighted by atomic mass is 10.1. The maximum absolute atomic E-state index is 12.4. The first kappa shape index (κ1) is 18.3. The molecule has 1 amide bonds. The molecule has 1 aromatic carbocycles. The zero-order chi connectivity index (χ0) is 18.5. The first-order valence-electron chi connectivity index (χ1n) is 8.62. The molecule has 0 atom stereocenters. The lowest BCUT2D eigenvalue weighted by molar-refractivity contribution is 0.102. The highest BCUT2D eigenvalue weighted by atomic mass is 32.1. The van der Waals surface area contributed by atoms with Crippen LogP contribution in [0.1, 0.15) is 46.6 Å². The monoisotopic (exact) mass is 369 g/mol. The number of thiazole rings is 1. The molecule has 0 saturated heterocycles. The predicted octanol–water partition coefficient (Wildman–Crippen LogP) is 3.26. The van der Waals surface area contributed by atoms with Gasteiger partial charge in [-0.2, -0.15) is 0 Å². The molecule has 6 nitrogen and oxygen atoms in total. The molecule has 0 bridgehead atoms. The summed E-state index contributed by atoms with van der Waals surface area (Å²) in [7, 11) is 0. The number of hydrogen-bond acceptors (Lipinski definition) is 5. The number of aromatic nitrogens is 3. The van der Waals surface area contributed by atoms with Crippen molar-refractivity contribution in [3.8, 4) is 0 Å². The number of nitrogens with one attached hydrogen (secondary N) is 1. The van der Waals surface area contributed by atoms with Crippen LogP contribution in [-0.2, 0) is 13.0 Å². The van der Waals surface area contributed by atoms with Gasteiger partial charge in [-0.15, -0.1) is 11.3 Å². The Labute approximate surface area is 157 Å². The highest BCUT2D eigenvalue weighted by Crippen LogP contribution is 2.18. The Morgan fingerprint density at radius 1 is 1.38 bits per heavy atom. The maximum atomic E-state index is 12.4. The van der Waals surface area contributed by atoms with Gasteiger partial charge in [-0.1, -0.05) is 26.0 Å². The average Bonchev–Trinajstić information content (AvgIpc) is 3.25. The van der Waals surface area contributed by atoms with E-state index in [1.54, 1.807) is 5.38 Å². The van der Waals surface area contributed by atoms with Gasteiger partial charge in [0.1, 0.15) is 11.5 Å². The average molecular weight is 369 g/mol. The molecule has 0 unspecified atom stereocenters. The van der Waals surface area contributed by atoms with E-state index in [-0.39, 0.29) is 5.91 Å². The number of amides is 1. The summed E-state index contributed by atoms with van der Waals surface area (Å²) in [5.41, 5.74) is 7.82. The summed E-state index contributed by atoms with van der Waals surface area (Å²) in [4.78, 5) is 21.1. The van der Waals surface area contributed by atoms with E-state index in [2.05, 4.69) is 33.7 Å². The van der Waals surface area contributed by atoms with Crippen LogP contribution in [0.4, 0.5) is 5.69 Å². The number of anilines is 1. The van der Waals surface area contributed by atoms with Gasteiger partial charge in [0.15, 0.2) is 0 Å². The van der Waals surface area contributed by atoms with Crippen LogP contribution >= 0.6 is 11.3 Å². The largest absolute Gasteiger partial charge is 0.330 e. The van der Waals surface area contributed by atoms with Gasteiger partial charge in [0.05, 0.1) is 5.01 Å². The molecule has 2 heterocycles. The van der Waals surface area contributed by atoms with Gasteiger partial charge in [0.25, 0.3) is 5.91 Å². The summed E-state index contributed by atoms with van der Waals surface area (Å²) < 4.78 is 2.13. The minimum Gasteiger partial charge on any atom is -0.330 e. The van der Waals surface area contributed by atoms with E-state index in [0.29, 0.717) is 31.1 Å². The summed E-state index contributed by atoms with van der Waals surface area (Å²) in [6, 6.07) is 7.85. The molecule has 0 saturated carbocycles. The molecule has 0 radical (unpaired) electrons. The number of nitrogens with zero attached hydrogens (tertiary/aromatic N) is 3. The van der Waals surface area contributed by atoms with E-state index in [4.69, 9.17) is 5.73 Å². The van der Waals surface area contributed by atoms with E-state index in [1.807, 2.05) is 36.7 Å². The van der Waals surface area contributed by atoms with Crippen LogP contribution in [0, 0.1) is 0 Å². The number of nitrogens with two attached hydrogens (primary N) is 1. The van der Waals surface area contributed by atoms with E-state index in [0.717, 1.165) is 22.1 Å². The molecule has 136 valence electrons. The maximum Gasteiger partial charge on any atom is 0.275 e. The van der Waals surface area contributed by atoms with Crippen molar-refractivity contribution in [2.24, 2.45) is 5.73 Å². The summed E-state index contributed by atoms with van der Waals surface area (Å²) in [6.45, 7) is 5.50. The number of carbonyl (C=O) groups is 1. The van der Waals surface area contributed by atoms with Crippen molar-refractivity contribution in [1.29, 1.82) is 0 Å². The number of rotatable bonds is 7. The first-order chi connectivity index (χ1) is 12.6. The van der Waals surface area contributed by atoms with Crippen molar-refractivity contribution >= 4 is 22.9 Å². The molecular formula is C19H23N5OS. The lowest BCUT2D eigenvalue weighted by Crippen LogP contribution is -2.13. The van der Waals surface area contributed by atoms with Gasteiger partial charge in [-0.25, -0.2) is 9.97 Å². The Hall–Kier alpha value is -2.51. The second-order valence-corrected chi connectivity index (χ2v) is 7.33. The normalized spacial score (nSPS) is 11.1. The number of hydrogen-bond donors (Lipinski definition) is 2.